The van der Waals surface area contributed by atoms with Crippen LogP contribution in [-0.2, 0) is 0 Å². The van der Waals surface area contributed by atoms with Gasteiger partial charge in [-0.2, -0.15) is 0 Å². The molecule has 2 aromatic rings. The van der Waals surface area contributed by atoms with Gasteiger partial charge in [-0.15, -0.1) is 0 Å². The molecule has 0 unspecified atom stereocenters. The maximum absolute atomic E-state index is 12.2. The zero-order chi connectivity index (χ0) is 15.4. The summed E-state index contributed by atoms with van der Waals surface area (Å²) in [7, 11) is 0. The Bertz CT molecular complexity index is 671. The molecule has 2 rings (SSSR count). The summed E-state index contributed by atoms with van der Waals surface area (Å²) >= 11 is 11.9. The Kier molecular flexibility index (Phi) is 5.10. The van der Waals surface area contributed by atoms with Gasteiger partial charge in [-0.25, -0.2) is 0 Å². The standard InChI is InChI=1S/C16H15Cl2NO2/c1-3-21-15-7-4-11(8-10(15)2)16(20)19-14-6-5-12(17)9-13(14)18/h4-9H,3H2,1-2H3,(H,19,20). The van der Waals surface area contributed by atoms with Crippen molar-refractivity contribution < 1.29 is 9.53 Å². The molecular formula is C16H15Cl2NO2. The van der Waals surface area contributed by atoms with Gasteiger partial charge in [0.05, 0.1) is 17.3 Å². The molecule has 3 nitrogen and oxygen atoms in total. The quantitative estimate of drug-likeness (QED) is 0.864. The SMILES string of the molecule is CCOc1ccc(C(=O)Nc2ccc(Cl)cc2Cl)cc1C. The van der Waals surface area contributed by atoms with Gasteiger partial charge >= 0.3 is 0 Å². The average Bonchev–Trinajstić information content (AvgIpc) is 2.44. The zero-order valence-electron chi connectivity index (χ0n) is 11.7. The van der Waals surface area contributed by atoms with Crippen LogP contribution in [0.25, 0.3) is 0 Å². The number of anilines is 1. The van der Waals surface area contributed by atoms with Crippen LogP contribution in [0.1, 0.15) is 22.8 Å². The molecule has 2 aromatic carbocycles. The molecule has 0 atom stereocenters. The van der Waals surface area contributed by atoms with E-state index in [1.807, 2.05) is 13.8 Å². The molecule has 0 saturated heterocycles. The maximum Gasteiger partial charge on any atom is 0.255 e. The van der Waals surface area contributed by atoms with Gasteiger partial charge in [-0.3, -0.25) is 4.79 Å². The summed E-state index contributed by atoms with van der Waals surface area (Å²) in [5.74, 6) is 0.545. The number of hydrogen-bond donors (Lipinski definition) is 1. The van der Waals surface area contributed by atoms with E-state index in [0.29, 0.717) is 27.9 Å². The fraction of sp³-hybridized carbons (Fsp3) is 0.188. The number of halogens is 2. The normalized spacial score (nSPS) is 10.3. The lowest BCUT2D eigenvalue weighted by Crippen LogP contribution is -2.12. The zero-order valence-corrected chi connectivity index (χ0v) is 13.3. The highest BCUT2D eigenvalue weighted by atomic mass is 35.5. The molecule has 0 aliphatic heterocycles. The number of benzene rings is 2. The van der Waals surface area contributed by atoms with E-state index in [-0.39, 0.29) is 5.91 Å². The van der Waals surface area contributed by atoms with Gasteiger partial charge in [0.1, 0.15) is 5.75 Å². The molecule has 5 heteroatoms. The molecule has 110 valence electrons. The Morgan fingerprint density at radius 1 is 1.19 bits per heavy atom. The Morgan fingerprint density at radius 3 is 2.57 bits per heavy atom. The summed E-state index contributed by atoms with van der Waals surface area (Å²) < 4.78 is 5.45. The van der Waals surface area contributed by atoms with Crippen LogP contribution in [0.4, 0.5) is 5.69 Å². The van der Waals surface area contributed by atoms with Crippen LogP contribution in [0.3, 0.4) is 0 Å². The number of carbonyl (C=O) groups is 1. The van der Waals surface area contributed by atoms with Crippen molar-refractivity contribution in [2.45, 2.75) is 13.8 Å². The number of aryl methyl sites for hydroxylation is 1. The minimum atomic E-state index is -0.231. The van der Waals surface area contributed by atoms with E-state index in [1.54, 1.807) is 36.4 Å². The summed E-state index contributed by atoms with van der Waals surface area (Å²) in [5.41, 5.74) is 1.98. The van der Waals surface area contributed by atoms with Crippen molar-refractivity contribution in [3.63, 3.8) is 0 Å². The molecule has 0 heterocycles. The summed E-state index contributed by atoms with van der Waals surface area (Å²) in [6, 6.07) is 10.2. The minimum Gasteiger partial charge on any atom is -0.494 e. The molecule has 0 saturated carbocycles. The summed E-state index contributed by atoms with van der Waals surface area (Å²) in [5, 5.41) is 3.69. The van der Waals surface area contributed by atoms with Crippen LogP contribution >= 0.6 is 23.2 Å². The Morgan fingerprint density at radius 2 is 1.95 bits per heavy atom. The predicted octanol–water partition coefficient (Wildman–Crippen LogP) is 4.95. The number of ether oxygens (including phenoxy) is 1. The second kappa shape index (κ2) is 6.83. The van der Waals surface area contributed by atoms with Crippen molar-refractivity contribution in [3.05, 3.63) is 57.6 Å². The van der Waals surface area contributed by atoms with Crippen molar-refractivity contribution in [1.82, 2.24) is 0 Å². The van der Waals surface area contributed by atoms with Crippen LogP contribution in [0.15, 0.2) is 36.4 Å². The van der Waals surface area contributed by atoms with Gasteiger partial charge < -0.3 is 10.1 Å². The molecule has 0 bridgehead atoms. The molecule has 0 radical (unpaired) electrons. The number of rotatable bonds is 4. The highest BCUT2D eigenvalue weighted by Crippen LogP contribution is 2.26. The predicted molar refractivity (Wildman–Crippen MR) is 86.8 cm³/mol. The lowest BCUT2D eigenvalue weighted by atomic mass is 10.1. The lowest BCUT2D eigenvalue weighted by Gasteiger charge is -2.10. The number of hydrogen-bond acceptors (Lipinski definition) is 2. The minimum absolute atomic E-state index is 0.231. The van der Waals surface area contributed by atoms with Crippen molar-refractivity contribution in [1.29, 1.82) is 0 Å². The van der Waals surface area contributed by atoms with E-state index in [9.17, 15) is 4.79 Å². The van der Waals surface area contributed by atoms with Crippen LogP contribution < -0.4 is 10.1 Å². The van der Waals surface area contributed by atoms with Crippen LogP contribution in [0, 0.1) is 6.92 Å². The summed E-state index contributed by atoms with van der Waals surface area (Å²) in [6.07, 6.45) is 0. The van der Waals surface area contributed by atoms with E-state index in [1.165, 1.54) is 0 Å². The monoisotopic (exact) mass is 323 g/mol. The molecule has 0 aromatic heterocycles. The third-order valence-electron chi connectivity index (χ3n) is 2.92. The number of carbonyl (C=O) groups excluding carboxylic acids is 1. The lowest BCUT2D eigenvalue weighted by molar-refractivity contribution is 0.102. The third-order valence-corrected chi connectivity index (χ3v) is 3.46. The first-order valence-corrected chi connectivity index (χ1v) is 7.26. The molecule has 1 amide bonds. The fourth-order valence-corrected chi connectivity index (χ4v) is 2.35. The number of nitrogens with one attached hydrogen (secondary N) is 1. The first-order valence-electron chi connectivity index (χ1n) is 6.51. The first kappa shape index (κ1) is 15.7. The second-order valence-corrected chi connectivity index (χ2v) is 5.34. The van der Waals surface area contributed by atoms with Crippen LogP contribution in [0.5, 0.6) is 5.75 Å². The molecular weight excluding hydrogens is 309 g/mol. The molecule has 1 N–H and O–H groups in total. The van der Waals surface area contributed by atoms with Crippen molar-refractivity contribution in [3.8, 4) is 5.75 Å². The largest absolute Gasteiger partial charge is 0.494 e. The van der Waals surface area contributed by atoms with Crippen molar-refractivity contribution >= 4 is 34.8 Å². The van der Waals surface area contributed by atoms with Crippen molar-refractivity contribution in [2.24, 2.45) is 0 Å². The second-order valence-electron chi connectivity index (χ2n) is 4.49. The smallest absolute Gasteiger partial charge is 0.255 e. The van der Waals surface area contributed by atoms with Crippen LogP contribution in [0.2, 0.25) is 10.0 Å². The van der Waals surface area contributed by atoms with Gasteiger partial charge in [-0.1, -0.05) is 23.2 Å². The summed E-state index contributed by atoms with van der Waals surface area (Å²) in [4.78, 5) is 12.2. The average molecular weight is 324 g/mol. The molecule has 0 spiro atoms. The fourth-order valence-electron chi connectivity index (χ4n) is 1.89. The van der Waals surface area contributed by atoms with Gasteiger partial charge in [0.15, 0.2) is 0 Å². The topological polar surface area (TPSA) is 38.3 Å². The molecule has 0 aliphatic rings. The first-order chi connectivity index (χ1) is 10.0. The Labute approximate surface area is 133 Å². The molecule has 0 aliphatic carbocycles. The summed E-state index contributed by atoms with van der Waals surface area (Å²) in [6.45, 7) is 4.41. The van der Waals surface area contributed by atoms with Crippen molar-refractivity contribution in [2.75, 3.05) is 11.9 Å². The number of amides is 1. The van der Waals surface area contributed by atoms with Crippen LogP contribution in [-0.4, -0.2) is 12.5 Å². The molecule has 21 heavy (non-hydrogen) atoms. The van der Waals surface area contributed by atoms with Gasteiger partial charge in [-0.05, 0) is 55.8 Å². The van der Waals surface area contributed by atoms with E-state index < -0.39 is 0 Å². The van der Waals surface area contributed by atoms with Gasteiger partial charge in [0.2, 0.25) is 0 Å². The van der Waals surface area contributed by atoms with E-state index in [2.05, 4.69) is 5.32 Å². The highest BCUT2D eigenvalue weighted by Gasteiger charge is 2.10. The molecule has 0 fully saturated rings. The van der Waals surface area contributed by atoms with E-state index in [0.717, 1.165) is 11.3 Å². The highest BCUT2D eigenvalue weighted by molar-refractivity contribution is 6.36. The van der Waals surface area contributed by atoms with E-state index in [4.69, 9.17) is 27.9 Å². The van der Waals surface area contributed by atoms with Gasteiger partial charge in [0, 0.05) is 10.6 Å². The Hall–Kier alpha value is -1.71. The third kappa shape index (κ3) is 3.90. The maximum atomic E-state index is 12.2. The Balaban J connectivity index is 2.18. The van der Waals surface area contributed by atoms with Gasteiger partial charge in [0.25, 0.3) is 5.91 Å². The van der Waals surface area contributed by atoms with E-state index >= 15 is 0 Å².